The summed E-state index contributed by atoms with van der Waals surface area (Å²) < 4.78 is 0. The van der Waals surface area contributed by atoms with Crippen molar-refractivity contribution in [1.29, 1.82) is 0 Å². The topological polar surface area (TPSA) is 70.5 Å². The number of thiazole rings is 1. The van der Waals surface area contributed by atoms with Crippen LogP contribution < -0.4 is 0 Å². The van der Waals surface area contributed by atoms with Crippen LogP contribution in [0.2, 0.25) is 0 Å². The first-order chi connectivity index (χ1) is 8.97. The molecule has 1 aliphatic rings. The molecule has 1 atom stereocenters. The molecule has 0 spiro atoms. The molecule has 1 amide bonds. The standard InChI is InChI=1S/C13H18N2O3S/c1-8-12(19-9(2)14-8)13(18)15-5-3-4-10(7-15)6-11(16)17/h10H,3-7H2,1-2H3,(H,16,17). The van der Waals surface area contributed by atoms with E-state index in [1.165, 1.54) is 11.3 Å². The Morgan fingerprint density at radius 2 is 2.21 bits per heavy atom. The average Bonchev–Trinajstić information content (AvgIpc) is 2.67. The Labute approximate surface area is 116 Å². The van der Waals surface area contributed by atoms with Gasteiger partial charge >= 0.3 is 5.97 Å². The van der Waals surface area contributed by atoms with Crippen molar-refractivity contribution in [1.82, 2.24) is 9.88 Å². The minimum absolute atomic E-state index is 0.00168. The van der Waals surface area contributed by atoms with Gasteiger partial charge in [0.2, 0.25) is 0 Å². The van der Waals surface area contributed by atoms with Crippen molar-refractivity contribution in [2.75, 3.05) is 13.1 Å². The summed E-state index contributed by atoms with van der Waals surface area (Å²) in [4.78, 5) is 29.9. The van der Waals surface area contributed by atoms with E-state index >= 15 is 0 Å². The number of carboxylic acids is 1. The maximum atomic E-state index is 12.4. The van der Waals surface area contributed by atoms with E-state index in [2.05, 4.69) is 4.98 Å². The van der Waals surface area contributed by atoms with E-state index in [0.717, 1.165) is 23.5 Å². The van der Waals surface area contributed by atoms with Crippen LogP contribution in [0.1, 0.15) is 39.6 Å². The molecule has 6 heteroatoms. The van der Waals surface area contributed by atoms with Crippen LogP contribution in [0.15, 0.2) is 0 Å². The Balaban J connectivity index is 2.07. The Bertz CT molecular complexity index is 498. The summed E-state index contributed by atoms with van der Waals surface area (Å²) >= 11 is 1.41. The molecule has 1 aromatic heterocycles. The number of carbonyl (C=O) groups is 2. The van der Waals surface area contributed by atoms with Gasteiger partial charge in [-0.15, -0.1) is 11.3 Å². The van der Waals surface area contributed by atoms with Crippen LogP contribution in [-0.4, -0.2) is 40.0 Å². The molecule has 5 nitrogen and oxygen atoms in total. The minimum Gasteiger partial charge on any atom is -0.481 e. The Kier molecular flexibility index (Phi) is 4.19. The van der Waals surface area contributed by atoms with Gasteiger partial charge in [-0.25, -0.2) is 4.98 Å². The molecule has 19 heavy (non-hydrogen) atoms. The molecule has 1 N–H and O–H groups in total. The smallest absolute Gasteiger partial charge is 0.303 e. The maximum absolute atomic E-state index is 12.4. The van der Waals surface area contributed by atoms with E-state index in [1.54, 1.807) is 4.90 Å². The number of amides is 1. The van der Waals surface area contributed by atoms with E-state index in [4.69, 9.17) is 5.11 Å². The molecular formula is C13H18N2O3S. The lowest BCUT2D eigenvalue weighted by atomic mass is 9.95. The van der Waals surface area contributed by atoms with Crippen molar-refractivity contribution in [3.63, 3.8) is 0 Å². The highest BCUT2D eigenvalue weighted by atomic mass is 32.1. The van der Waals surface area contributed by atoms with Crippen LogP contribution >= 0.6 is 11.3 Å². The first-order valence-electron chi connectivity index (χ1n) is 6.42. The first-order valence-corrected chi connectivity index (χ1v) is 7.24. The van der Waals surface area contributed by atoms with E-state index in [1.807, 2.05) is 13.8 Å². The summed E-state index contributed by atoms with van der Waals surface area (Å²) in [6.45, 7) is 4.99. The number of hydrogen-bond acceptors (Lipinski definition) is 4. The molecule has 1 saturated heterocycles. The van der Waals surface area contributed by atoms with Gasteiger partial charge in [-0.05, 0) is 32.6 Å². The molecule has 2 rings (SSSR count). The fraction of sp³-hybridized carbons (Fsp3) is 0.615. The number of carbonyl (C=O) groups excluding carboxylic acids is 1. The van der Waals surface area contributed by atoms with E-state index < -0.39 is 5.97 Å². The Hall–Kier alpha value is -1.43. The lowest BCUT2D eigenvalue weighted by Gasteiger charge is -2.31. The van der Waals surface area contributed by atoms with Crippen LogP contribution in [-0.2, 0) is 4.79 Å². The molecule has 0 radical (unpaired) electrons. The summed E-state index contributed by atoms with van der Waals surface area (Å²) in [6.07, 6.45) is 1.90. The quantitative estimate of drug-likeness (QED) is 0.921. The fourth-order valence-electron chi connectivity index (χ4n) is 2.54. The summed E-state index contributed by atoms with van der Waals surface area (Å²) in [5, 5.41) is 9.73. The van der Waals surface area contributed by atoms with Gasteiger partial charge in [0.15, 0.2) is 0 Å². The van der Waals surface area contributed by atoms with Crippen molar-refractivity contribution in [3.05, 3.63) is 15.6 Å². The van der Waals surface area contributed by atoms with Gasteiger partial charge in [0.05, 0.1) is 10.7 Å². The lowest BCUT2D eigenvalue weighted by molar-refractivity contribution is -0.138. The van der Waals surface area contributed by atoms with Gasteiger partial charge in [-0.3, -0.25) is 9.59 Å². The monoisotopic (exact) mass is 282 g/mol. The van der Waals surface area contributed by atoms with Crippen molar-refractivity contribution >= 4 is 23.2 Å². The third-order valence-electron chi connectivity index (χ3n) is 3.37. The molecule has 1 unspecified atom stereocenters. The van der Waals surface area contributed by atoms with Crippen molar-refractivity contribution in [3.8, 4) is 0 Å². The number of rotatable bonds is 3. The molecule has 1 fully saturated rings. The second-order valence-electron chi connectivity index (χ2n) is 5.00. The molecule has 0 aromatic carbocycles. The van der Waals surface area contributed by atoms with Crippen molar-refractivity contribution in [2.24, 2.45) is 5.92 Å². The molecule has 2 heterocycles. The normalized spacial score (nSPS) is 19.5. The largest absolute Gasteiger partial charge is 0.481 e. The van der Waals surface area contributed by atoms with Gasteiger partial charge in [0, 0.05) is 19.5 Å². The van der Waals surface area contributed by atoms with Gasteiger partial charge in [-0.1, -0.05) is 0 Å². The zero-order valence-corrected chi connectivity index (χ0v) is 12.0. The maximum Gasteiger partial charge on any atom is 0.303 e. The zero-order valence-electron chi connectivity index (χ0n) is 11.2. The van der Waals surface area contributed by atoms with Crippen LogP contribution in [0.4, 0.5) is 0 Å². The van der Waals surface area contributed by atoms with Gasteiger partial charge in [-0.2, -0.15) is 0 Å². The van der Waals surface area contributed by atoms with Crippen molar-refractivity contribution < 1.29 is 14.7 Å². The number of nitrogens with zero attached hydrogens (tertiary/aromatic N) is 2. The number of aromatic nitrogens is 1. The van der Waals surface area contributed by atoms with Crippen LogP contribution in [0.3, 0.4) is 0 Å². The first kappa shape index (κ1) is 14.0. The van der Waals surface area contributed by atoms with Crippen molar-refractivity contribution in [2.45, 2.75) is 33.1 Å². The highest BCUT2D eigenvalue weighted by molar-refractivity contribution is 7.13. The minimum atomic E-state index is -0.788. The van der Waals surface area contributed by atoms with Crippen LogP contribution in [0.25, 0.3) is 0 Å². The SMILES string of the molecule is Cc1nc(C)c(C(=O)N2CCCC(CC(=O)O)C2)s1. The van der Waals surface area contributed by atoms with Gasteiger partial charge in [0.25, 0.3) is 5.91 Å². The lowest BCUT2D eigenvalue weighted by Crippen LogP contribution is -2.40. The Morgan fingerprint density at radius 3 is 2.79 bits per heavy atom. The van der Waals surface area contributed by atoms with E-state index in [-0.39, 0.29) is 18.2 Å². The number of likely N-dealkylation sites (tertiary alicyclic amines) is 1. The highest BCUT2D eigenvalue weighted by Gasteiger charge is 2.27. The number of hydrogen-bond donors (Lipinski definition) is 1. The van der Waals surface area contributed by atoms with Gasteiger partial charge in [0.1, 0.15) is 4.88 Å². The number of piperidine rings is 1. The molecule has 0 aliphatic carbocycles. The predicted molar refractivity (Wildman–Crippen MR) is 72.5 cm³/mol. The summed E-state index contributed by atoms with van der Waals surface area (Å²) in [7, 11) is 0. The molecule has 0 saturated carbocycles. The van der Waals surface area contributed by atoms with Gasteiger partial charge < -0.3 is 10.0 Å². The second kappa shape index (κ2) is 5.69. The third kappa shape index (κ3) is 3.32. The highest BCUT2D eigenvalue weighted by Crippen LogP contribution is 2.24. The van der Waals surface area contributed by atoms with Crippen LogP contribution in [0.5, 0.6) is 0 Å². The Morgan fingerprint density at radius 1 is 1.47 bits per heavy atom. The predicted octanol–water partition coefficient (Wildman–Crippen LogP) is 2.09. The van der Waals surface area contributed by atoms with E-state index in [9.17, 15) is 9.59 Å². The fourth-order valence-corrected chi connectivity index (χ4v) is 3.42. The summed E-state index contributed by atoms with van der Waals surface area (Å²) in [5.74, 6) is -0.716. The molecule has 104 valence electrons. The van der Waals surface area contributed by atoms with E-state index in [0.29, 0.717) is 18.0 Å². The molecule has 1 aromatic rings. The zero-order chi connectivity index (χ0) is 14.0. The third-order valence-corrected chi connectivity index (χ3v) is 4.43. The number of aliphatic carboxylic acids is 1. The summed E-state index contributed by atoms with van der Waals surface area (Å²) in [5.41, 5.74) is 0.771. The number of carboxylic acid groups (broad SMARTS) is 1. The van der Waals surface area contributed by atoms with Crippen LogP contribution in [0, 0.1) is 19.8 Å². The molecule has 1 aliphatic heterocycles. The average molecular weight is 282 g/mol. The molecular weight excluding hydrogens is 264 g/mol. The number of aryl methyl sites for hydroxylation is 2. The second-order valence-corrected chi connectivity index (χ2v) is 6.21. The molecule has 0 bridgehead atoms. The summed E-state index contributed by atoms with van der Waals surface area (Å²) in [6, 6.07) is 0.